The SMILES string of the molecule is CCOC(=N)CC[N+](C)(C)C(N)=O. The van der Waals surface area contributed by atoms with E-state index in [0.717, 1.165) is 0 Å². The first kappa shape index (κ1) is 11.9. The van der Waals surface area contributed by atoms with Crippen molar-refractivity contribution in [2.45, 2.75) is 13.3 Å². The van der Waals surface area contributed by atoms with Gasteiger partial charge in [0.2, 0.25) is 0 Å². The second-order valence-corrected chi connectivity index (χ2v) is 3.35. The van der Waals surface area contributed by atoms with Crippen LogP contribution in [-0.2, 0) is 4.74 Å². The zero-order valence-electron chi connectivity index (χ0n) is 8.46. The maximum atomic E-state index is 10.9. The van der Waals surface area contributed by atoms with Crippen LogP contribution in [0.3, 0.4) is 0 Å². The molecule has 76 valence electrons. The number of hydrogen-bond acceptors (Lipinski definition) is 3. The summed E-state index contributed by atoms with van der Waals surface area (Å²) in [5.41, 5.74) is 5.15. The number of primary amides is 1. The van der Waals surface area contributed by atoms with Crippen LogP contribution >= 0.6 is 0 Å². The van der Waals surface area contributed by atoms with E-state index in [-0.39, 0.29) is 10.4 Å². The van der Waals surface area contributed by atoms with Crippen LogP contribution in [0.4, 0.5) is 4.79 Å². The Balaban J connectivity index is 3.88. The third-order valence-corrected chi connectivity index (χ3v) is 1.81. The van der Waals surface area contributed by atoms with Gasteiger partial charge in [0.25, 0.3) is 0 Å². The summed E-state index contributed by atoms with van der Waals surface area (Å²) in [6.45, 7) is 2.81. The van der Waals surface area contributed by atoms with Crippen LogP contribution in [0.15, 0.2) is 0 Å². The fourth-order valence-electron chi connectivity index (χ4n) is 0.738. The van der Waals surface area contributed by atoms with E-state index in [0.29, 0.717) is 19.6 Å². The van der Waals surface area contributed by atoms with Crippen LogP contribution in [0.2, 0.25) is 0 Å². The number of nitrogens with one attached hydrogen (secondary N) is 1. The lowest BCUT2D eigenvalue weighted by Crippen LogP contribution is -2.50. The smallest absolute Gasteiger partial charge is 0.413 e. The highest BCUT2D eigenvalue weighted by atomic mass is 16.5. The van der Waals surface area contributed by atoms with E-state index in [2.05, 4.69) is 0 Å². The summed E-state index contributed by atoms with van der Waals surface area (Å²) in [6.07, 6.45) is 0.434. The molecule has 2 amide bonds. The van der Waals surface area contributed by atoms with Crippen molar-refractivity contribution in [1.29, 1.82) is 5.41 Å². The molecule has 0 atom stereocenters. The van der Waals surface area contributed by atoms with Crippen molar-refractivity contribution in [3.8, 4) is 0 Å². The number of ether oxygens (including phenoxy) is 1. The first-order chi connectivity index (χ1) is 5.90. The van der Waals surface area contributed by atoms with Gasteiger partial charge in [0.1, 0.15) is 0 Å². The Bertz CT molecular complexity index is 202. The van der Waals surface area contributed by atoms with Gasteiger partial charge in [0.05, 0.1) is 33.7 Å². The van der Waals surface area contributed by atoms with Gasteiger partial charge in [-0.2, -0.15) is 0 Å². The van der Waals surface area contributed by atoms with Crippen molar-refractivity contribution in [2.75, 3.05) is 27.2 Å². The minimum atomic E-state index is -0.399. The van der Waals surface area contributed by atoms with E-state index in [4.69, 9.17) is 15.9 Å². The highest BCUT2D eigenvalue weighted by Crippen LogP contribution is 1.99. The quantitative estimate of drug-likeness (QED) is 0.384. The molecule has 0 aliphatic carbocycles. The van der Waals surface area contributed by atoms with Crippen LogP contribution in [0.5, 0.6) is 0 Å². The molecule has 0 aromatic carbocycles. The molecule has 0 saturated heterocycles. The molecule has 0 aromatic heterocycles. The van der Waals surface area contributed by atoms with Gasteiger partial charge in [-0.3, -0.25) is 5.41 Å². The molecule has 0 rings (SSSR count). The molecule has 0 radical (unpaired) electrons. The normalized spacial score (nSPS) is 11.0. The lowest BCUT2D eigenvalue weighted by Gasteiger charge is -2.23. The predicted octanol–water partition coefficient (Wildman–Crippen LogP) is 0.545. The van der Waals surface area contributed by atoms with Crippen molar-refractivity contribution >= 4 is 11.9 Å². The second kappa shape index (κ2) is 4.81. The van der Waals surface area contributed by atoms with Crippen molar-refractivity contribution in [3.63, 3.8) is 0 Å². The standard InChI is InChI=1S/C8H17N3O2/c1-4-13-7(9)5-6-11(2,3)8(10)12/h9H,4-6H2,1-3H3,(H-,10,12)/p+1. The number of carbonyl (C=O) groups is 1. The molecule has 5 nitrogen and oxygen atoms in total. The van der Waals surface area contributed by atoms with Gasteiger partial charge in [-0.25, -0.2) is 9.28 Å². The molecular formula is C8H18N3O2+. The zero-order valence-corrected chi connectivity index (χ0v) is 8.46. The Kier molecular flexibility index (Phi) is 4.40. The molecule has 0 aliphatic rings. The maximum Gasteiger partial charge on any atom is 0.413 e. The van der Waals surface area contributed by atoms with E-state index >= 15 is 0 Å². The van der Waals surface area contributed by atoms with Crippen molar-refractivity contribution in [1.82, 2.24) is 0 Å². The van der Waals surface area contributed by atoms with Crippen LogP contribution in [-0.4, -0.2) is 43.7 Å². The zero-order chi connectivity index (χ0) is 10.5. The number of carbonyl (C=O) groups excluding carboxylic acids is 1. The average Bonchev–Trinajstić information content (AvgIpc) is 2.01. The lowest BCUT2D eigenvalue weighted by molar-refractivity contribution is -0.807. The van der Waals surface area contributed by atoms with E-state index in [9.17, 15) is 4.79 Å². The molecule has 0 heterocycles. The number of quaternary nitrogens is 1. The van der Waals surface area contributed by atoms with Gasteiger partial charge in [-0.05, 0) is 6.92 Å². The Morgan fingerprint density at radius 1 is 1.54 bits per heavy atom. The molecule has 0 saturated carbocycles. The summed E-state index contributed by atoms with van der Waals surface area (Å²) in [6, 6.07) is -0.399. The number of nitrogens with two attached hydrogens (primary N) is 1. The molecule has 0 spiro atoms. The highest BCUT2D eigenvalue weighted by molar-refractivity contribution is 5.73. The van der Waals surface area contributed by atoms with E-state index in [1.807, 2.05) is 6.92 Å². The van der Waals surface area contributed by atoms with Gasteiger partial charge in [0.15, 0.2) is 5.90 Å². The first-order valence-electron chi connectivity index (χ1n) is 4.23. The third kappa shape index (κ3) is 4.47. The van der Waals surface area contributed by atoms with Gasteiger partial charge >= 0.3 is 6.03 Å². The van der Waals surface area contributed by atoms with Crippen molar-refractivity contribution in [3.05, 3.63) is 0 Å². The van der Waals surface area contributed by atoms with Gasteiger partial charge < -0.3 is 10.5 Å². The van der Waals surface area contributed by atoms with Gasteiger partial charge in [-0.15, -0.1) is 0 Å². The number of hydrogen-bond donors (Lipinski definition) is 2. The summed E-state index contributed by atoms with van der Waals surface area (Å²) in [7, 11) is 3.42. The van der Waals surface area contributed by atoms with Gasteiger partial charge in [0, 0.05) is 0 Å². The van der Waals surface area contributed by atoms with E-state index < -0.39 is 6.03 Å². The molecule has 0 fully saturated rings. The number of urea groups is 1. The van der Waals surface area contributed by atoms with Crippen LogP contribution < -0.4 is 5.73 Å². The van der Waals surface area contributed by atoms with Crippen LogP contribution in [0.1, 0.15) is 13.3 Å². The molecule has 0 aromatic rings. The predicted molar refractivity (Wildman–Crippen MR) is 50.5 cm³/mol. The Hall–Kier alpha value is -1.10. The highest BCUT2D eigenvalue weighted by Gasteiger charge is 2.23. The molecule has 0 bridgehead atoms. The minimum absolute atomic E-state index is 0.0788. The van der Waals surface area contributed by atoms with E-state index in [1.165, 1.54) is 0 Å². The Labute approximate surface area is 78.6 Å². The molecular weight excluding hydrogens is 170 g/mol. The summed E-state index contributed by atoms with van der Waals surface area (Å²) in [4.78, 5) is 10.9. The average molecular weight is 188 g/mol. The molecule has 0 aliphatic heterocycles. The monoisotopic (exact) mass is 188 g/mol. The summed E-state index contributed by atoms with van der Waals surface area (Å²) >= 11 is 0. The molecule has 5 heteroatoms. The summed E-state index contributed by atoms with van der Waals surface area (Å²) in [5, 5.41) is 7.33. The number of amides is 2. The second-order valence-electron chi connectivity index (χ2n) is 3.35. The summed E-state index contributed by atoms with van der Waals surface area (Å²) < 4.78 is 5.02. The third-order valence-electron chi connectivity index (χ3n) is 1.81. The van der Waals surface area contributed by atoms with Crippen LogP contribution in [0.25, 0.3) is 0 Å². The lowest BCUT2D eigenvalue weighted by atomic mass is 10.3. The molecule has 3 N–H and O–H groups in total. The number of nitrogens with zero attached hydrogens (tertiary/aromatic N) is 1. The maximum absolute atomic E-state index is 10.9. The molecule has 0 unspecified atom stereocenters. The van der Waals surface area contributed by atoms with E-state index in [1.54, 1.807) is 14.1 Å². The first-order valence-corrected chi connectivity index (χ1v) is 4.23. The largest absolute Gasteiger partial charge is 0.481 e. The van der Waals surface area contributed by atoms with Crippen LogP contribution in [0, 0.1) is 5.41 Å². The number of rotatable bonds is 4. The Morgan fingerprint density at radius 3 is 2.46 bits per heavy atom. The molecule has 13 heavy (non-hydrogen) atoms. The van der Waals surface area contributed by atoms with Gasteiger partial charge in [-0.1, -0.05) is 0 Å². The fourth-order valence-corrected chi connectivity index (χ4v) is 0.738. The fraction of sp³-hybridized carbons (Fsp3) is 0.750. The van der Waals surface area contributed by atoms with Crippen molar-refractivity contribution < 1.29 is 14.0 Å². The topological polar surface area (TPSA) is 76.2 Å². The summed E-state index contributed by atoms with van der Waals surface area (Å²) in [5.74, 6) is 0.204. The minimum Gasteiger partial charge on any atom is -0.481 e. The Morgan fingerprint density at radius 2 is 2.08 bits per heavy atom. The van der Waals surface area contributed by atoms with Crippen molar-refractivity contribution in [2.24, 2.45) is 5.73 Å².